The number of nitrogens with one attached hydrogen (secondary N) is 1. The van der Waals surface area contributed by atoms with Crippen LogP contribution in [-0.2, 0) is 4.79 Å². The van der Waals surface area contributed by atoms with E-state index < -0.39 is 0 Å². The Morgan fingerprint density at radius 3 is 2.67 bits per heavy atom. The second kappa shape index (κ2) is 7.16. The number of hydrogen-bond donors (Lipinski definition) is 1. The molecule has 108 valence electrons. The highest BCUT2D eigenvalue weighted by Crippen LogP contribution is 2.27. The molecule has 21 heavy (non-hydrogen) atoms. The minimum Gasteiger partial charge on any atom is -0.495 e. The van der Waals surface area contributed by atoms with E-state index in [1.807, 2.05) is 12.1 Å². The van der Waals surface area contributed by atoms with E-state index in [1.54, 1.807) is 36.4 Å². The largest absolute Gasteiger partial charge is 0.495 e. The van der Waals surface area contributed by atoms with Gasteiger partial charge >= 0.3 is 0 Å². The summed E-state index contributed by atoms with van der Waals surface area (Å²) in [6, 6.07) is 12.3. The van der Waals surface area contributed by atoms with Gasteiger partial charge < -0.3 is 10.1 Å². The topological polar surface area (TPSA) is 38.3 Å². The first-order valence-corrected chi connectivity index (χ1v) is 6.92. The van der Waals surface area contributed by atoms with Gasteiger partial charge in [-0.15, -0.1) is 0 Å². The molecule has 0 bridgehead atoms. The van der Waals surface area contributed by atoms with Crippen molar-refractivity contribution in [1.82, 2.24) is 0 Å². The van der Waals surface area contributed by atoms with E-state index in [-0.39, 0.29) is 5.91 Å². The Kier molecular flexibility index (Phi) is 5.26. The number of rotatable bonds is 4. The molecule has 0 aliphatic heterocycles. The summed E-state index contributed by atoms with van der Waals surface area (Å²) >= 11 is 11.9. The summed E-state index contributed by atoms with van der Waals surface area (Å²) in [5.74, 6) is 0.306. The predicted octanol–water partition coefficient (Wildman–Crippen LogP) is 4.65. The van der Waals surface area contributed by atoms with Gasteiger partial charge in [0.25, 0.3) is 0 Å². The molecule has 5 heteroatoms. The Morgan fingerprint density at radius 1 is 1.19 bits per heavy atom. The van der Waals surface area contributed by atoms with Crippen molar-refractivity contribution >= 4 is 40.9 Å². The number of carbonyl (C=O) groups is 1. The third-order valence-electron chi connectivity index (χ3n) is 2.70. The lowest BCUT2D eigenvalue weighted by Crippen LogP contribution is -2.07. The third-order valence-corrected chi connectivity index (χ3v) is 3.23. The fourth-order valence-corrected chi connectivity index (χ4v) is 2.17. The van der Waals surface area contributed by atoms with Crippen molar-refractivity contribution in [2.45, 2.75) is 0 Å². The molecule has 0 atom stereocenters. The van der Waals surface area contributed by atoms with Gasteiger partial charge in [-0.3, -0.25) is 4.79 Å². The molecule has 0 saturated heterocycles. The number of hydrogen-bond acceptors (Lipinski definition) is 2. The van der Waals surface area contributed by atoms with Gasteiger partial charge in [0.05, 0.1) is 12.1 Å². The molecule has 0 aliphatic carbocycles. The van der Waals surface area contributed by atoms with E-state index in [1.165, 1.54) is 13.2 Å². The highest BCUT2D eigenvalue weighted by Gasteiger charge is 2.03. The van der Waals surface area contributed by atoms with Gasteiger partial charge in [-0.2, -0.15) is 0 Å². The lowest BCUT2D eigenvalue weighted by Gasteiger charge is -2.06. The van der Waals surface area contributed by atoms with E-state index in [9.17, 15) is 4.79 Å². The fraction of sp³-hybridized carbons (Fsp3) is 0.0625. The highest BCUT2D eigenvalue weighted by atomic mass is 35.5. The Morgan fingerprint density at radius 2 is 2.00 bits per heavy atom. The maximum Gasteiger partial charge on any atom is 0.248 e. The van der Waals surface area contributed by atoms with Crippen molar-refractivity contribution < 1.29 is 9.53 Å². The second-order valence-electron chi connectivity index (χ2n) is 4.23. The summed E-state index contributed by atoms with van der Waals surface area (Å²) in [4.78, 5) is 11.8. The molecule has 0 fully saturated rings. The van der Waals surface area contributed by atoms with Crippen LogP contribution in [0.1, 0.15) is 5.56 Å². The van der Waals surface area contributed by atoms with Gasteiger partial charge in [0, 0.05) is 16.8 Å². The monoisotopic (exact) mass is 321 g/mol. The summed E-state index contributed by atoms with van der Waals surface area (Å²) in [5.41, 5.74) is 1.45. The van der Waals surface area contributed by atoms with Crippen LogP contribution in [0, 0.1) is 0 Å². The maximum atomic E-state index is 11.8. The van der Waals surface area contributed by atoms with E-state index in [2.05, 4.69) is 5.32 Å². The SMILES string of the molecule is COc1ccc(NC(=O)C=Cc2cccc(Cl)c2)cc1Cl. The highest BCUT2D eigenvalue weighted by molar-refractivity contribution is 6.32. The quantitative estimate of drug-likeness (QED) is 0.832. The lowest BCUT2D eigenvalue weighted by atomic mass is 10.2. The zero-order chi connectivity index (χ0) is 15.2. The minimum atomic E-state index is -0.254. The van der Waals surface area contributed by atoms with Gasteiger partial charge in [-0.25, -0.2) is 0 Å². The molecule has 0 saturated carbocycles. The number of halogens is 2. The number of carbonyl (C=O) groups excluding carboxylic acids is 1. The summed E-state index contributed by atoms with van der Waals surface area (Å²) in [7, 11) is 1.53. The zero-order valence-electron chi connectivity index (χ0n) is 11.3. The number of anilines is 1. The smallest absolute Gasteiger partial charge is 0.248 e. The van der Waals surface area contributed by atoms with E-state index in [0.29, 0.717) is 21.5 Å². The first-order valence-electron chi connectivity index (χ1n) is 6.16. The lowest BCUT2D eigenvalue weighted by molar-refractivity contribution is -0.111. The van der Waals surface area contributed by atoms with Gasteiger partial charge in [-0.1, -0.05) is 35.3 Å². The van der Waals surface area contributed by atoms with Crippen LogP contribution in [-0.4, -0.2) is 13.0 Å². The van der Waals surface area contributed by atoms with Gasteiger partial charge in [0.2, 0.25) is 5.91 Å². The molecule has 1 amide bonds. The minimum absolute atomic E-state index is 0.254. The van der Waals surface area contributed by atoms with Crippen LogP contribution in [0.4, 0.5) is 5.69 Å². The van der Waals surface area contributed by atoms with Crippen LogP contribution in [0.5, 0.6) is 5.75 Å². The Labute approximate surface area is 133 Å². The summed E-state index contributed by atoms with van der Waals surface area (Å²) < 4.78 is 5.05. The van der Waals surface area contributed by atoms with Gasteiger partial charge in [-0.05, 0) is 42.0 Å². The second-order valence-corrected chi connectivity index (χ2v) is 5.07. The number of ether oxygens (including phenoxy) is 1. The molecular formula is C16H13Cl2NO2. The first kappa shape index (κ1) is 15.4. The van der Waals surface area contributed by atoms with Crippen LogP contribution in [0.15, 0.2) is 48.5 Å². The molecule has 0 heterocycles. The van der Waals surface area contributed by atoms with Crippen molar-refractivity contribution in [2.24, 2.45) is 0 Å². The number of benzene rings is 2. The van der Waals surface area contributed by atoms with E-state index >= 15 is 0 Å². The maximum absolute atomic E-state index is 11.8. The molecule has 3 nitrogen and oxygen atoms in total. The van der Waals surface area contributed by atoms with Crippen LogP contribution in [0.25, 0.3) is 6.08 Å². The van der Waals surface area contributed by atoms with Crippen molar-refractivity contribution in [3.8, 4) is 5.75 Å². The predicted molar refractivity (Wildman–Crippen MR) is 87.1 cm³/mol. The number of amides is 1. The summed E-state index contributed by atoms with van der Waals surface area (Å²) in [5, 5.41) is 3.78. The van der Waals surface area contributed by atoms with Crippen molar-refractivity contribution in [3.05, 3.63) is 64.1 Å². The van der Waals surface area contributed by atoms with Crippen LogP contribution >= 0.6 is 23.2 Å². The summed E-state index contributed by atoms with van der Waals surface area (Å²) in [6.45, 7) is 0. The van der Waals surface area contributed by atoms with Crippen molar-refractivity contribution in [2.75, 3.05) is 12.4 Å². The Bertz CT molecular complexity index is 684. The van der Waals surface area contributed by atoms with Gasteiger partial charge in [0.1, 0.15) is 5.75 Å². The third kappa shape index (κ3) is 4.52. The van der Waals surface area contributed by atoms with Crippen LogP contribution < -0.4 is 10.1 Å². The molecule has 0 radical (unpaired) electrons. The molecule has 0 spiro atoms. The normalized spacial score (nSPS) is 10.6. The Hall–Kier alpha value is -1.97. The zero-order valence-corrected chi connectivity index (χ0v) is 12.8. The molecular weight excluding hydrogens is 309 g/mol. The average Bonchev–Trinajstić information content (AvgIpc) is 2.45. The molecule has 1 N–H and O–H groups in total. The molecule has 0 aromatic heterocycles. The fourth-order valence-electron chi connectivity index (χ4n) is 1.71. The van der Waals surface area contributed by atoms with Crippen molar-refractivity contribution in [3.63, 3.8) is 0 Å². The standard InChI is InChI=1S/C16H13Cl2NO2/c1-21-15-7-6-13(10-14(15)18)19-16(20)8-5-11-3-2-4-12(17)9-11/h2-10H,1H3,(H,19,20). The Balaban J connectivity index is 2.03. The van der Waals surface area contributed by atoms with Gasteiger partial charge in [0.15, 0.2) is 0 Å². The number of methoxy groups -OCH3 is 1. The molecule has 2 aromatic carbocycles. The first-order chi connectivity index (χ1) is 10.1. The van der Waals surface area contributed by atoms with E-state index in [4.69, 9.17) is 27.9 Å². The summed E-state index contributed by atoms with van der Waals surface area (Å²) in [6.07, 6.45) is 3.12. The van der Waals surface area contributed by atoms with Crippen LogP contribution in [0.2, 0.25) is 10.0 Å². The van der Waals surface area contributed by atoms with Crippen LogP contribution in [0.3, 0.4) is 0 Å². The molecule has 0 unspecified atom stereocenters. The molecule has 2 aromatic rings. The average molecular weight is 322 g/mol. The van der Waals surface area contributed by atoms with Crippen molar-refractivity contribution in [1.29, 1.82) is 0 Å². The molecule has 2 rings (SSSR count). The molecule has 0 aliphatic rings. The van der Waals surface area contributed by atoms with E-state index in [0.717, 1.165) is 5.56 Å².